The Morgan fingerprint density at radius 3 is 2.50 bits per heavy atom. The van der Waals surface area contributed by atoms with Crippen LogP contribution in [0.25, 0.3) is 0 Å². The molecule has 4 nitrogen and oxygen atoms in total. The molecule has 2 fully saturated rings. The first-order chi connectivity index (χ1) is 11.5. The van der Waals surface area contributed by atoms with Gasteiger partial charge in [-0.1, -0.05) is 30.3 Å². The molecule has 3 rings (SSSR count). The minimum absolute atomic E-state index is 0.110. The number of halogens is 1. The number of carbonyl (C=O) groups excluding carboxylic acids is 2. The molecule has 0 aromatic heterocycles. The number of benzene rings is 1. The summed E-state index contributed by atoms with van der Waals surface area (Å²) in [4.78, 5) is 27.9. The molecule has 1 aromatic rings. The lowest BCUT2D eigenvalue weighted by atomic mass is 9.72. The van der Waals surface area contributed by atoms with Crippen molar-refractivity contribution in [2.24, 2.45) is 5.41 Å². The second kappa shape index (κ2) is 6.91. The average Bonchev–Trinajstić information content (AvgIpc) is 2.64. The fourth-order valence-corrected chi connectivity index (χ4v) is 3.92. The molecule has 2 aliphatic heterocycles. The zero-order valence-corrected chi connectivity index (χ0v) is 14.2. The summed E-state index contributed by atoms with van der Waals surface area (Å²) < 4.78 is 14.5. The van der Waals surface area contributed by atoms with Crippen LogP contribution in [0.1, 0.15) is 44.3 Å². The number of amides is 2. The second-order valence-corrected chi connectivity index (χ2v) is 7.01. The molecule has 0 N–H and O–H groups in total. The summed E-state index contributed by atoms with van der Waals surface area (Å²) in [6.07, 6.45) is 1.61. The van der Waals surface area contributed by atoms with Crippen LogP contribution in [-0.2, 0) is 9.59 Å². The van der Waals surface area contributed by atoms with Gasteiger partial charge in [-0.3, -0.25) is 9.59 Å². The first kappa shape index (κ1) is 16.9. The van der Waals surface area contributed by atoms with Gasteiger partial charge in [0.15, 0.2) is 0 Å². The topological polar surface area (TPSA) is 40.6 Å². The number of hydrogen-bond acceptors (Lipinski definition) is 2. The molecule has 1 spiro atoms. The highest BCUT2D eigenvalue weighted by atomic mass is 19.1. The van der Waals surface area contributed by atoms with E-state index in [1.165, 1.54) is 0 Å². The Balaban J connectivity index is 1.61. The molecule has 0 unspecified atom stereocenters. The molecular formula is C19H25FN2O2. The molecule has 2 heterocycles. The number of nitrogens with zero attached hydrogens (tertiary/aromatic N) is 2. The van der Waals surface area contributed by atoms with Gasteiger partial charge in [0.1, 0.15) is 0 Å². The van der Waals surface area contributed by atoms with Gasteiger partial charge < -0.3 is 9.80 Å². The number of rotatable bonds is 3. The maximum Gasteiger partial charge on any atom is 0.261 e. The highest BCUT2D eigenvalue weighted by molar-refractivity contribution is 5.82. The summed E-state index contributed by atoms with van der Waals surface area (Å²) >= 11 is 0. The summed E-state index contributed by atoms with van der Waals surface area (Å²) in [5.41, 5.74) is 0.530. The fourth-order valence-electron chi connectivity index (χ4n) is 3.92. The van der Waals surface area contributed by atoms with Gasteiger partial charge in [-0.25, -0.2) is 4.39 Å². The minimum atomic E-state index is -1.58. The van der Waals surface area contributed by atoms with Crippen LogP contribution in [0.5, 0.6) is 0 Å². The third kappa shape index (κ3) is 3.30. The Labute approximate surface area is 142 Å². The predicted molar refractivity (Wildman–Crippen MR) is 90.0 cm³/mol. The third-order valence-corrected chi connectivity index (χ3v) is 5.57. The highest BCUT2D eigenvalue weighted by Gasteiger charge is 2.42. The molecule has 2 amide bonds. The van der Waals surface area contributed by atoms with E-state index >= 15 is 0 Å². The monoisotopic (exact) mass is 332 g/mol. The van der Waals surface area contributed by atoms with Crippen LogP contribution < -0.4 is 0 Å². The normalized spacial score (nSPS) is 21.8. The van der Waals surface area contributed by atoms with E-state index in [1.807, 2.05) is 17.9 Å². The Bertz CT molecular complexity index is 597. The van der Waals surface area contributed by atoms with Crippen LogP contribution in [0.4, 0.5) is 4.39 Å². The van der Waals surface area contributed by atoms with Gasteiger partial charge in [-0.15, -0.1) is 0 Å². The van der Waals surface area contributed by atoms with Crippen molar-refractivity contribution in [1.29, 1.82) is 0 Å². The molecule has 2 saturated heterocycles. The molecule has 5 heteroatoms. The molecule has 1 aromatic carbocycles. The third-order valence-electron chi connectivity index (χ3n) is 5.57. The van der Waals surface area contributed by atoms with Gasteiger partial charge in [0, 0.05) is 32.6 Å². The zero-order chi connectivity index (χ0) is 17.2. The van der Waals surface area contributed by atoms with E-state index in [0.29, 0.717) is 25.1 Å². The number of alkyl halides is 1. The second-order valence-electron chi connectivity index (χ2n) is 7.01. The fraction of sp³-hybridized carbons (Fsp3) is 0.579. The lowest BCUT2D eigenvalue weighted by Crippen LogP contribution is -2.52. The highest BCUT2D eigenvalue weighted by Crippen LogP contribution is 2.40. The van der Waals surface area contributed by atoms with E-state index in [1.54, 1.807) is 29.2 Å². The van der Waals surface area contributed by atoms with E-state index in [9.17, 15) is 14.0 Å². The molecule has 2 aliphatic rings. The van der Waals surface area contributed by atoms with E-state index in [-0.39, 0.29) is 11.3 Å². The summed E-state index contributed by atoms with van der Waals surface area (Å²) in [5, 5.41) is 0. The van der Waals surface area contributed by atoms with Gasteiger partial charge in [0.25, 0.3) is 5.91 Å². The quantitative estimate of drug-likeness (QED) is 0.854. The maximum absolute atomic E-state index is 14.5. The van der Waals surface area contributed by atoms with Crippen molar-refractivity contribution in [3.8, 4) is 0 Å². The van der Waals surface area contributed by atoms with Crippen molar-refractivity contribution in [2.75, 3.05) is 26.2 Å². The molecule has 0 radical (unpaired) electrons. The van der Waals surface area contributed by atoms with E-state index in [0.717, 1.165) is 32.4 Å². The van der Waals surface area contributed by atoms with Crippen LogP contribution in [0.15, 0.2) is 30.3 Å². The first-order valence-corrected chi connectivity index (χ1v) is 8.80. The van der Waals surface area contributed by atoms with Crippen LogP contribution >= 0.6 is 0 Å². The number of likely N-dealkylation sites (tertiary alicyclic amines) is 2. The predicted octanol–water partition coefficient (Wildman–Crippen LogP) is 2.95. The summed E-state index contributed by atoms with van der Waals surface area (Å²) in [6.45, 7) is 4.69. The summed E-state index contributed by atoms with van der Waals surface area (Å²) in [6, 6.07) is 8.62. The lowest BCUT2D eigenvalue weighted by molar-refractivity contribution is -0.144. The van der Waals surface area contributed by atoms with Crippen molar-refractivity contribution >= 4 is 11.8 Å². The number of carbonyl (C=O) groups is 2. The van der Waals surface area contributed by atoms with Crippen molar-refractivity contribution < 1.29 is 14.0 Å². The maximum atomic E-state index is 14.5. The first-order valence-electron chi connectivity index (χ1n) is 8.80. The number of hydrogen-bond donors (Lipinski definition) is 0. The van der Waals surface area contributed by atoms with Gasteiger partial charge >= 0.3 is 0 Å². The Morgan fingerprint density at radius 1 is 1.21 bits per heavy atom. The Morgan fingerprint density at radius 2 is 1.88 bits per heavy atom. The standard InChI is InChI=1S/C19H25FN2O2/c1-2-21-14-19(9-8-16(21)23)10-12-22(13-11-19)18(24)17(20)15-6-4-3-5-7-15/h3-7,17H,2,8-14H2,1H3/t17-/m1/s1. The Kier molecular flexibility index (Phi) is 4.88. The molecule has 130 valence electrons. The molecule has 0 aliphatic carbocycles. The Hall–Kier alpha value is -1.91. The van der Waals surface area contributed by atoms with Crippen LogP contribution in [-0.4, -0.2) is 47.8 Å². The van der Waals surface area contributed by atoms with Crippen molar-refractivity contribution in [2.45, 2.75) is 38.8 Å². The zero-order valence-electron chi connectivity index (χ0n) is 14.2. The van der Waals surface area contributed by atoms with Crippen LogP contribution in [0, 0.1) is 5.41 Å². The lowest BCUT2D eigenvalue weighted by Gasteiger charge is -2.47. The van der Waals surface area contributed by atoms with Crippen molar-refractivity contribution in [3.05, 3.63) is 35.9 Å². The minimum Gasteiger partial charge on any atom is -0.342 e. The smallest absolute Gasteiger partial charge is 0.261 e. The SMILES string of the molecule is CCN1CC2(CCC1=O)CCN(C(=O)[C@H](F)c1ccccc1)CC2. The van der Waals surface area contributed by atoms with Gasteiger partial charge in [-0.2, -0.15) is 0 Å². The van der Waals surface area contributed by atoms with Crippen LogP contribution in [0.2, 0.25) is 0 Å². The molecular weight excluding hydrogens is 307 g/mol. The molecule has 24 heavy (non-hydrogen) atoms. The summed E-state index contributed by atoms with van der Waals surface area (Å²) in [7, 11) is 0. The van der Waals surface area contributed by atoms with Gasteiger partial charge in [0.2, 0.25) is 12.1 Å². The number of piperidine rings is 2. The molecule has 1 atom stereocenters. The largest absolute Gasteiger partial charge is 0.342 e. The molecule has 0 bridgehead atoms. The van der Waals surface area contributed by atoms with E-state index in [4.69, 9.17) is 0 Å². The molecule has 0 saturated carbocycles. The average molecular weight is 332 g/mol. The van der Waals surface area contributed by atoms with E-state index < -0.39 is 12.1 Å². The van der Waals surface area contributed by atoms with Gasteiger partial charge in [-0.05, 0) is 37.2 Å². The van der Waals surface area contributed by atoms with Crippen molar-refractivity contribution in [3.63, 3.8) is 0 Å². The van der Waals surface area contributed by atoms with Gasteiger partial charge in [0.05, 0.1) is 0 Å². The van der Waals surface area contributed by atoms with Crippen molar-refractivity contribution in [1.82, 2.24) is 9.80 Å². The van der Waals surface area contributed by atoms with Crippen LogP contribution in [0.3, 0.4) is 0 Å². The summed E-state index contributed by atoms with van der Waals surface area (Å²) in [5.74, 6) is -0.204. The van der Waals surface area contributed by atoms with E-state index in [2.05, 4.69) is 0 Å².